The topological polar surface area (TPSA) is 74.2 Å². The molecule has 0 spiro atoms. The summed E-state index contributed by atoms with van der Waals surface area (Å²) < 4.78 is 9.94. The molecule has 2 N–H and O–H groups in total. The molecule has 1 rings (SSSR count). The summed E-state index contributed by atoms with van der Waals surface area (Å²) in [7, 11) is 1.64. The molecule has 0 aliphatic heterocycles. The molecule has 0 amide bonds. The third kappa shape index (κ3) is 3.28. The Morgan fingerprint density at radius 2 is 2.43 bits per heavy atom. The van der Waals surface area contributed by atoms with E-state index in [0.29, 0.717) is 24.7 Å². The Balaban J connectivity index is 2.48. The van der Waals surface area contributed by atoms with Crippen LogP contribution < -0.4 is 5.73 Å². The van der Waals surface area contributed by atoms with E-state index in [0.717, 1.165) is 5.75 Å². The van der Waals surface area contributed by atoms with E-state index in [1.165, 1.54) is 0 Å². The standard InChI is InChI=1S/C8H15N3O2S/c1-12-4-3-6(9)8-10-7(5-14-2)11-13-8/h6H,3-5,9H2,1-2H3. The average Bonchev–Trinajstić information content (AvgIpc) is 2.63. The number of hydrogen-bond acceptors (Lipinski definition) is 6. The van der Waals surface area contributed by atoms with Crippen LogP contribution in [0.5, 0.6) is 0 Å². The van der Waals surface area contributed by atoms with E-state index in [4.69, 9.17) is 15.0 Å². The highest BCUT2D eigenvalue weighted by molar-refractivity contribution is 7.97. The Kier molecular flexibility index (Phi) is 4.92. The highest BCUT2D eigenvalue weighted by Gasteiger charge is 2.13. The van der Waals surface area contributed by atoms with Crippen LogP contribution in [0, 0.1) is 0 Å². The van der Waals surface area contributed by atoms with Crippen molar-refractivity contribution in [3.05, 3.63) is 11.7 Å². The Labute approximate surface area is 87.4 Å². The molecule has 0 aliphatic carbocycles. The Morgan fingerprint density at radius 1 is 1.64 bits per heavy atom. The minimum atomic E-state index is -0.224. The van der Waals surface area contributed by atoms with Gasteiger partial charge in [-0.2, -0.15) is 16.7 Å². The van der Waals surface area contributed by atoms with Crippen molar-refractivity contribution in [1.82, 2.24) is 10.1 Å². The van der Waals surface area contributed by atoms with Gasteiger partial charge in [-0.15, -0.1) is 0 Å². The summed E-state index contributed by atoms with van der Waals surface area (Å²) in [5.74, 6) is 1.94. The van der Waals surface area contributed by atoms with Crippen LogP contribution >= 0.6 is 11.8 Å². The molecule has 1 aromatic rings. The number of nitrogens with zero attached hydrogens (tertiary/aromatic N) is 2. The van der Waals surface area contributed by atoms with Gasteiger partial charge in [0, 0.05) is 13.7 Å². The fraction of sp³-hybridized carbons (Fsp3) is 0.750. The summed E-state index contributed by atoms with van der Waals surface area (Å²) in [6, 6.07) is -0.224. The van der Waals surface area contributed by atoms with Gasteiger partial charge in [0.25, 0.3) is 0 Å². The van der Waals surface area contributed by atoms with Crippen LogP contribution in [0.3, 0.4) is 0 Å². The van der Waals surface area contributed by atoms with Crippen molar-refractivity contribution in [1.29, 1.82) is 0 Å². The zero-order valence-electron chi connectivity index (χ0n) is 8.40. The van der Waals surface area contributed by atoms with Crippen molar-refractivity contribution in [2.24, 2.45) is 5.73 Å². The van der Waals surface area contributed by atoms with E-state index in [-0.39, 0.29) is 6.04 Å². The maximum Gasteiger partial charge on any atom is 0.243 e. The van der Waals surface area contributed by atoms with Gasteiger partial charge in [-0.25, -0.2) is 0 Å². The second kappa shape index (κ2) is 6.00. The van der Waals surface area contributed by atoms with Gasteiger partial charge in [-0.3, -0.25) is 0 Å². The number of ether oxygens (including phenoxy) is 1. The summed E-state index contributed by atoms with van der Waals surface area (Å²) in [5, 5.41) is 3.81. The van der Waals surface area contributed by atoms with Crippen molar-refractivity contribution in [3.8, 4) is 0 Å². The predicted octanol–water partition coefficient (Wildman–Crippen LogP) is 0.969. The summed E-state index contributed by atoms with van der Waals surface area (Å²) in [6.45, 7) is 0.599. The third-order valence-electron chi connectivity index (χ3n) is 1.71. The Hall–Kier alpha value is -0.590. The number of aromatic nitrogens is 2. The van der Waals surface area contributed by atoms with Crippen molar-refractivity contribution >= 4 is 11.8 Å². The first-order valence-corrected chi connectivity index (χ1v) is 5.73. The van der Waals surface area contributed by atoms with Crippen molar-refractivity contribution in [2.75, 3.05) is 20.0 Å². The van der Waals surface area contributed by atoms with Crippen molar-refractivity contribution in [2.45, 2.75) is 18.2 Å². The molecule has 0 fully saturated rings. The maximum atomic E-state index is 5.81. The van der Waals surface area contributed by atoms with Gasteiger partial charge in [0.1, 0.15) is 0 Å². The first-order chi connectivity index (χ1) is 6.77. The second-order valence-electron chi connectivity index (χ2n) is 2.87. The SMILES string of the molecule is COCCC(N)c1nc(CSC)no1. The molecule has 1 heterocycles. The summed E-state index contributed by atoms with van der Waals surface area (Å²) in [4.78, 5) is 4.17. The van der Waals surface area contributed by atoms with E-state index in [2.05, 4.69) is 10.1 Å². The summed E-state index contributed by atoms with van der Waals surface area (Å²) in [5.41, 5.74) is 5.81. The fourth-order valence-corrected chi connectivity index (χ4v) is 1.35. The molecule has 6 heteroatoms. The quantitative estimate of drug-likeness (QED) is 0.765. The highest BCUT2D eigenvalue weighted by Crippen LogP contribution is 2.13. The molecule has 5 nitrogen and oxygen atoms in total. The van der Waals surface area contributed by atoms with Crippen LogP contribution in [0.15, 0.2) is 4.52 Å². The van der Waals surface area contributed by atoms with Gasteiger partial charge < -0.3 is 15.0 Å². The number of methoxy groups -OCH3 is 1. The van der Waals surface area contributed by atoms with Crippen molar-refractivity contribution in [3.63, 3.8) is 0 Å². The van der Waals surface area contributed by atoms with Crippen LogP contribution in [0.25, 0.3) is 0 Å². The van der Waals surface area contributed by atoms with E-state index in [1.807, 2.05) is 6.26 Å². The number of rotatable bonds is 6. The normalized spacial score (nSPS) is 13.1. The monoisotopic (exact) mass is 217 g/mol. The lowest BCUT2D eigenvalue weighted by Gasteiger charge is -2.04. The second-order valence-corrected chi connectivity index (χ2v) is 3.74. The molecule has 1 unspecified atom stereocenters. The molecule has 0 aromatic carbocycles. The summed E-state index contributed by atoms with van der Waals surface area (Å²) >= 11 is 1.65. The van der Waals surface area contributed by atoms with E-state index >= 15 is 0 Å². The minimum absolute atomic E-state index is 0.224. The van der Waals surface area contributed by atoms with Crippen molar-refractivity contribution < 1.29 is 9.26 Å². The van der Waals surface area contributed by atoms with Gasteiger partial charge in [0.2, 0.25) is 5.89 Å². The molecular formula is C8H15N3O2S. The van der Waals surface area contributed by atoms with Crippen LogP contribution in [0.2, 0.25) is 0 Å². The molecule has 0 bridgehead atoms. The number of thioether (sulfide) groups is 1. The van der Waals surface area contributed by atoms with Crippen LogP contribution in [0.4, 0.5) is 0 Å². The molecule has 0 aliphatic rings. The number of hydrogen-bond donors (Lipinski definition) is 1. The lowest BCUT2D eigenvalue weighted by molar-refractivity contribution is 0.182. The molecule has 14 heavy (non-hydrogen) atoms. The zero-order chi connectivity index (χ0) is 10.4. The highest BCUT2D eigenvalue weighted by atomic mass is 32.2. The van der Waals surface area contributed by atoms with Gasteiger partial charge in [-0.05, 0) is 12.7 Å². The van der Waals surface area contributed by atoms with Gasteiger partial charge >= 0.3 is 0 Å². The number of nitrogens with two attached hydrogens (primary N) is 1. The molecular weight excluding hydrogens is 202 g/mol. The third-order valence-corrected chi connectivity index (χ3v) is 2.25. The smallest absolute Gasteiger partial charge is 0.243 e. The summed E-state index contributed by atoms with van der Waals surface area (Å²) in [6.07, 6.45) is 2.68. The molecule has 0 saturated heterocycles. The van der Waals surface area contributed by atoms with Gasteiger partial charge in [0.15, 0.2) is 5.82 Å². The fourth-order valence-electron chi connectivity index (χ4n) is 0.974. The molecule has 80 valence electrons. The van der Waals surface area contributed by atoms with Crippen LogP contribution in [-0.2, 0) is 10.5 Å². The lowest BCUT2D eigenvalue weighted by atomic mass is 10.2. The van der Waals surface area contributed by atoms with E-state index < -0.39 is 0 Å². The predicted molar refractivity (Wildman–Crippen MR) is 54.9 cm³/mol. The molecule has 1 aromatic heterocycles. The van der Waals surface area contributed by atoms with Crippen LogP contribution in [-0.4, -0.2) is 30.1 Å². The van der Waals surface area contributed by atoms with Crippen LogP contribution in [0.1, 0.15) is 24.2 Å². The molecule has 1 atom stereocenters. The lowest BCUT2D eigenvalue weighted by Crippen LogP contribution is -2.13. The molecule has 0 saturated carbocycles. The average molecular weight is 217 g/mol. The minimum Gasteiger partial charge on any atom is -0.385 e. The zero-order valence-corrected chi connectivity index (χ0v) is 9.21. The maximum absolute atomic E-state index is 5.81. The first kappa shape index (κ1) is 11.5. The first-order valence-electron chi connectivity index (χ1n) is 4.34. The van der Waals surface area contributed by atoms with Gasteiger partial charge in [-0.1, -0.05) is 5.16 Å². The van der Waals surface area contributed by atoms with E-state index in [9.17, 15) is 0 Å². The Morgan fingerprint density at radius 3 is 3.07 bits per heavy atom. The largest absolute Gasteiger partial charge is 0.385 e. The van der Waals surface area contributed by atoms with E-state index in [1.54, 1.807) is 18.9 Å². The Bertz CT molecular complexity index is 267. The molecule has 0 radical (unpaired) electrons. The van der Waals surface area contributed by atoms with Gasteiger partial charge in [0.05, 0.1) is 11.8 Å².